The SMILES string of the molecule is COC[C@]12CO[C@@H](C1O)[C@H](C)O2.[Y]. The van der Waals surface area contributed by atoms with Crippen molar-refractivity contribution in [3.05, 3.63) is 0 Å². The maximum absolute atomic E-state index is 9.75. The van der Waals surface area contributed by atoms with Gasteiger partial charge in [0.05, 0.1) is 19.3 Å². The molecule has 1 radical (unpaired) electrons. The zero-order valence-corrected chi connectivity index (χ0v) is 10.7. The van der Waals surface area contributed by atoms with E-state index in [0.29, 0.717) is 13.2 Å². The first-order valence-electron chi connectivity index (χ1n) is 4.16. The molecule has 0 aromatic carbocycles. The molecule has 0 spiro atoms. The summed E-state index contributed by atoms with van der Waals surface area (Å²) in [5.74, 6) is 0. The summed E-state index contributed by atoms with van der Waals surface area (Å²) in [5.41, 5.74) is -0.598. The Bertz CT molecular complexity index is 189. The quantitative estimate of drug-likeness (QED) is 0.733. The second kappa shape index (κ2) is 4.21. The van der Waals surface area contributed by atoms with Crippen molar-refractivity contribution >= 4 is 0 Å². The normalized spacial score (nSPS) is 47.8. The molecular formula is C8H14O4Y. The van der Waals surface area contributed by atoms with Crippen LogP contribution in [-0.4, -0.2) is 49.3 Å². The molecule has 4 atom stereocenters. The Kier molecular flexibility index (Phi) is 3.89. The van der Waals surface area contributed by atoms with Crippen LogP contribution in [0.1, 0.15) is 6.92 Å². The van der Waals surface area contributed by atoms with Gasteiger partial charge in [-0.15, -0.1) is 0 Å². The van der Waals surface area contributed by atoms with Crippen molar-refractivity contribution in [3.63, 3.8) is 0 Å². The van der Waals surface area contributed by atoms with Gasteiger partial charge in [0.2, 0.25) is 0 Å². The van der Waals surface area contributed by atoms with Crippen LogP contribution in [-0.2, 0) is 46.9 Å². The zero-order valence-electron chi connectivity index (χ0n) is 7.90. The Hall–Kier alpha value is 0.944. The van der Waals surface area contributed by atoms with Crippen LogP contribution in [0.25, 0.3) is 0 Å². The third-order valence-electron chi connectivity index (χ3n) is 2.64. The molecule has 2 rings (SSSR count). The summed E-state index contributed by atoms with van der Waals surface area (Å²) in [6.07, 6.45) is -0.725. The Morgan fingerprint density at radius 3 is 2.69 bits per heavy atom. The molecule has 0 amide bonds. The molecule has 2 saturated heterocycles. The van der Waals surface area contributed by atoms with E-state index in [1.807, 2.05) is 6.92 Å². The topological polar surface area (TPSA) is 47.9 Å². The molecule has 2 aliphatic rings. The molecule has 73 valence electrons. The fraction of sp³-hybridized carbons (Fsp3) is 1.00. The van der Waals surface area contributed by atoms with Gasteiger partial charge in [0.25, 0.3) is 0 Å². The first-order valence-corrected chi connectivity index (χ1v) is 4.16. The molecule has 13 heavy (non-hydrogen) atoms. The first kappa shape index (κ1) is 12.0. The molecule has 1 N–H and O–H groups in total. The molecule has 0 saturated carbocycles. The van der Waals surface area contributed by atoms with Crippen molar-refractivity contribution in [2.24, 2.45) is 0 Å². The second-order valence-corrected chi connectivity index (χ2v) is 3.54. The Labute approximate surface area is 103 Å². The van der Waals surface area contributed by atoms with Gasteiger partial charge < -0.3 is 19.3 Å². The molecule has 5 heteroatoms. The Morgan fingerprint density at radius 1 is 1.62 bits per heavy atom. The summed E-state index contributed by atoms with van der Waals surface area (Å²) in [5, 5.41) is 9.75. The van der Waals surface area contributed by atoms with Crippen molar-refractivity contribution in [2.75, 3.05) is 20.3 Å². The standard InChI is InChI=1S/C8H14O4.Y/c1-5-6-7(9)8(12-5,3-10-2)4-11-6;/h5-7,9H,3-4H2,1-2H3;/t5-,6+,7?,8-;/m0./s1. The minimum Gasteiger partial charge on any atom is -0.387 e. The average Bonchev–Trinajstić information content (AvgIpc) is 2.41. The number of rotatable bonds is 2. The summed E-state index contributed by atoms with van der Waals surface area (Å²) >= 11 is 0. The second-order valence-electron chi connectivity index (χ2n) is 3.54. The molecule has 2 fully saturated rings. The predicted molar refractivity (Wildman–Crippen MR) is 40.9 cm³/mol. The molecule has 0 aliphatic carbocycles. The Morgan fingerprint density at radius 2 is 2.31 bits per heavy atom. The van der Waals surface area contributed by atoms with Crippen molar-refractivity contribution in [3.8, 4) is 0 Å². The van der Waals surface area contributed by atoms with Gasteiger partial charge in [-0.1, -0.05) is 0 Å². The number of aliphatic hydroxyl groups is 1. The van der Waals surface area contributed by atoms with E-state index < -0.39 is 11.7 Å². The summed E-state index contributed by atoms with van der Waals surface area (Å²) in [7, 11) is 1.60. The molecule has 0 aromatic heterocycles. The van der Waals surface area contributed by atoms with E-state index in [2.05, 4.69) is 0 Å². The van der Waals surface area contributed by atoms with E-state index >= 15 is 0 Å². The van der Waals surface area contributed by atoms with Gasteiger partial charge in [0.1, 0.15) is 17.8 Å². The predicted octanol–water partition coefficient (Wildman–Crippen LogP) is -0.452. The molecule has 4 nitrogen and oxygen atoms in total. The largest absolute Gasteiger partial charge is 0.387 e. The monoisotopic (exact) mass is 263 g/mol. The number of ether oxygens (including phenoxy) is 3. The van der Waals surface area contributed by atoms with E-state index in [9.17, 15) is 5.11 Å². The molecule has 1 unspecified atom stereocenters. The maximum Gasteiger partial charge on any atom is 0.143 e. The number of hydrogen-bond acceptors (Lipinski definition) is 4. The van der Waals surface area contributed by atoms with Crippen LogP contribution in [0, 0.1) is 0 Å². The van der Waals surface area contributed by atoms with Gasteiger partial charge in [0.15, 0.2) is 0 Å². The number of hydrogen-bond donors (Lipinski definition) is 1. The third-order valence-corrected chi connectivity index (χ3v) is 2.64. The first-order chi connectivity index (χ1) is 5.69. The van der Waals surface area contributed by atoms with E-state index in [1.54, 1.807) is 7.11 Å². The molecule has 2 heterocycles. The van der Waals surface area contributed by atoms with Crippen LogP contribution in [0.15, 0.2) is 0 Å². The van der Waals surface area contributed by atoms with Gasteiger partial charge >= 0.3 is 0 Å². The zero-order chi connectivity index (χ0) is 8.77. The van der Waals surface area contributed by atoms with Crippen LogP contribution >= 0.6 is 0 Å². The van der Waals surface area contributed by atoms with Crippen molar-refractivity contribution < 1.29 is 52.0 Å². The van der Waals surface area contributed by atoms with Gasteiger partial charge in [0, 0.05) is 39.8 Å². The van der Waals surface area contributed by atoms with Crippen molar-refractivity contribution in [1.82, 2.24) is 0 Å². The summed E-state index contributed by atoms with van der Waals surface area (Å²) < 4.78 is 16.0. The van der Waals surface area contributed by atoms with Crippen LogP contribution < -0.4 is 0 Å². The fourth-order valence-corrected chi connectivity index (χ4v) is 2.05. The molecule has 2 aliphatic heterocycles. The van der Waals surface area contributed by atoms with Crippen LogP contribution in [0.5, 0.6) is 0 Å². The Balaban J connectivity index is 0.000000845. The summed E-state index contributed by atoms with van der Waals surface area (Å²) in [6.45, 7) is 2.75. The molecular weight excluding hydrogens is 249 g/mol. The van der Waals surface area contributed by atoms with E-state index in [-0.39, 0.29) is 44.9 Å². The summed E-state index contributed by atoms with van der Waals surface area (Å²) in [6, 6.07) is 0. The minimum atomic E-state index is -0.598. The number of fused-ring (bicyclic) bond motifs is 2. The maximum atomic E-state index is 9.75. The van der Waals surface area contributed by atoms with Crippen molar-refractivity contribution in [1.29, 1.82) is 0 Å². The summed E-state index contributed by atoms with van der Waals surface area (Å²) in [4.78, 5) is 0. The van der Waals surface area contributed by atoms with E-state index in [1.165, 1.54) is 0 Å². The van der Waals surface area contributed by atoms with E-state index in [0.717, 1.165) is 0 Å². The number of aliphatic hydroxyl groups excluding tert-OH is 1. The number of methoxy groups -OCH3 is 1. The molecule has 2 bridgehead atoms. The van der Waals surface area contributed by atoms with Gasteiger partial charge in [-0.3, -0.25) is 0 Å². The van der Waals surface area contributed by atoms with Gasteiger partial charge in [-0.05, 0) is 6.92 Å². The molecule has 0 aromatic rings. The van der Waals surface area contributed by atoms with Crippen LogP contribution in [0.4, 0.5) is 0 Å². The fourth-order valence-electron chi connectivity index (χ4n) is 2.05. The van der Waals surface area contributed by atoms with Gasteiger partial charge in [-0.25, -0.2) is 0 Å². The smallest absolute Gasteiger partial charge is 0.143 e. The van der Waals surface area contributed by atoms with Crippen LogP contribution in [0.2, 0.25) is 0 Å². The van der Waals surface area contributed by atoms with E-state index in [4.69, 9.17) is 14.2 Å². The van der Waals surface area contributed by atoms with Crippen LogP contribution in [0.3, 0.4) is 0 Å². The van der Waals surface area contributed by atoms with Crippen molar-refractivity contribution in [2.45, 2.75) is 30.8 Å². The third kappa shape index (κ3) is 1.73. The average molecular weight is 263 g/mol. The minimum absolute atomic E-state index is 0. The van der Waals surface area contributed by atoms with Gasteiger partial charge in [-0.2, -0.15) is 0 Å².